The summed E-state index contributed by atoms with van der Waals surface area (Å²) in [5.41, 5.74) is 0.765. The zero-order valence-corrected chi connectivity index (χ0v) is 25.6. The van der Waals surface area contributed by atoms with Crippen LogP contribution in [0.1, 0.15) is 47.1 Å². The van der Waals surface area contributed by atoms with Gasteiger partial charge in [0, 0.05) is 17.0 Å². The van der Waals surface area contributed by atoms with Crippen molar-refractivity contribution < 1.29 is 36.0 Å². The molecule has 1 N–H and O–H groups in total. The van der Waals surface area contributed by atoms with Crippen molar-refractivity contribution in [3.8, 4) is 5.75 Å². The molecule has 1 fully saturated rings. The van der Waals surface area contributed by atoms with E-state index >= 15 is 0 Å². The minimum atomic E-state index is -5.64. The van der Waals surface area contributed by atoms with Crippen LogP contribution in [0.5, 0.6) is 5.75 Å². The number of halogens is 2. The van der Waals surface area contributed by atoms with Gasteiger partial charge in [-0.1, -0.05) is 52.0 Å². The Kier molecular flexibility index (Phi) is 8.93. The van der Waals surface area contributed by atoms with Gasteiger partial charge in [-0.3, -0.25) is 4.55 Å². The molecule has 1 aliphatic rings. The summed E-state index contributed by atoms with van der Waals surface area (Å²) in [6, 6.07) is 24.4. The van der Waals surface area contributed by atoms with Crippen LogP contribution < -0.4 is 4.74 Å². The SMILES string of the molecule is CC(C)C1OC(C)(c2ccc([S+](c3ccccc3)c3cccc(OC(C)C(F)(F)S(=O)(=O)O)c3)cc2)OCC1(C)C. The second kappa shape index (κ2) is 11.6. The van der Waals surface area contributed by atoms with Crippen LogP contribution in [-0.4, -0.2) is 37.0 Å². The van der Waals surface area contributed by atoms with E-state index in [-0.39, 0.29) is 17.3 Å². The lowest BCUT2D eigenvalue weighted by molar-refractivity contribution is -0.337. The lowest BCUT2D eigenvalue weighted by Crippen LogP contribution is -2.52. The lowest BCUT2D eigenvalue weighted by Gasteiger charge is -2.49. The fourth-order valence-corrected chi connectivity index (χ4v) is 7.62. The van der Waals surface area contributed by atoms with Gasteiger partial charge in [-0.05, 0) is 68.3 Å². The van der Waals surface area contributed by atoms with Crippen LogP contribution in [0, 0.1) is 11.3 Å². The van der Waals surface area contributed by atoms with Crippen molar-refractivity contribution in [1.29, 1.82) is 0 Å². The average Bonchev–Trinajstić information content (AvgIpc) is 2.91. The Morgan fingerprint density at radius 3 is 2.10 bits per heavy atom. The van der Waals surface area contributed by atoms with Crippen molar-refractivity contribution >= 4 is 21.0 Å². The van der Waals surface area contributed by atoms with Gasteiger partial charge in [0.05, 0.1) is 23.6 Å². The molecule has 0 bridgehead atoms. The van der Waals surface area contributed by atoms with Crippen LogP contribution in [0.3, 0.4) is 0 Å². The molecule has 4 rings (SSSR count). The summed E-state index contributed by atoms with van der Waals surface area (Å²) in [6.45, 7) is 12.0. The van der Waals surface area contributed by atoms with Crippen LogP contribution >= 0.6 is 0 Å². The Morgan fingerprint density at radius 1 is 0.927 bits per heavy atom. The minimum absolute atomic E-state index is 0.0122. The highest BCUT2D eigenvalue weighted by Crippen LogP contribution is 2.43. The van der Waals surface area contributed by atoms with Gasteiger partial charge in [-0.2, -0.15) is 17.2 Å². The van der Waals surface area contributed by atoms with Crippen molar-refractivity contribution in [2.45, 2.75) is 79.5 Å². The number of rotatable bonds is 9. The summed E-state index contributed by atoms with van der Waals surface area (Å²) in [4.78, 5) is 2.74. The second-order valence-corrected chi connectivity index (χ2v) is 14.9. The Labute approximate surface area is 244 Å². The first kappa shape index (κ1) is 31.4. The fourth-order valence-electron chi connectivity index (χ4n) is 5.05. The predicted molar refractivity (Wildman–Crippen MR) is 155 cm³/mol. The van der Waals surface area contributed by atoms with E-state index in [1.165, 1.54) is 6.07 Å². The van der Waals surface area contributed by atoms with Crippen LogP contribution in [0.2, 0.25) is 0 Å². The molecule has 0 spiro atoms. The van der Waals surface area contributed by atoms with E-state index in [0.717, 1.165) is 27.2 Å². The van der Waals surface area contributed by atoms with Crippen molar-refractivity contribution in [2.24, 2.45) is 11.3 Å². The van der Waals surface area contributed by atoms with E-state index in [1.807, 2.05) is 67.6 Å². The molecule has 4 unspecified atom stereocenters. The zero-order valence-electron chi connectivity index (χ0n) is 24.0. The summed E-state index contributed by atoms with van der Waals surface area (Å²) in [6.07, 6.45) is -2.10. The molecule has 1 aliphatic heterocycles. The van der Waals surface area contributed by atoms with E-state index in [2.05, 4.69) is 27.7 Å². The van der Waals surface area contributed by atoms with Crippen LogP contribution in [0.25, 0.3) is 0 Å². The molecule has 1 saturated heterocycles. The van der Waals surface area contributed by atoms with E-state index < -0.39 is 38.2 Å². The van der Waals surface area contributed by atoms with E-state index in [9.17, 15) is 17.2 Å². The molecule has 3 aromatic carbocycles. The summed E-state index contributed by atoms with van der Waals surface area (Å²) in [5.74, 6) is -0.537. The van der Waals surface area contributed by atoms with E-state index in [1.54, 1.807) is 12.1 Å². The molecule has 0 aliphatic carbocycles. The van der Waals surface area contributed by atoms with Gasteiger partial charge in [0.1, 0.15) is 5.75 Å². The maximum Gasteiger partial charge on any atom is 0.405 e. The van der Waals surface area contributed by atoms with Crippen LogP contribution in [-0.2, 0) is 36.3 Å². The van der Waals surface area contributed by atoms with Gasteiger partial charge < -0.3 is 14.2 Å². The number of ether oxygens (including phenoxy) is 3. The maximum absolute atomic E-state index is 14.2. The molecule has 10 heteroatoms. The predicted octanol–water partition coefficient (Wildman–Crippen LogP) is 7.30. The summed E-state index contributed by atoms with van der Waals surface area (Å²) >= 11 is 0. The highest BCUT2D eigenvalue weighted by molar-refractivity contribution is 7.97. The first-order valence-electron chi connectivity index (χ1n) is 13.4. The molecular weight excluding hydrogens is 570 g/mol. The summed E-state index contributed by atoms with van der Waals surface area (Å²) in [7, 11) is -6.29. The van der Waals surface area contributed by atoms with E-state index in [4.69, 9.17) is 18.8 Å². The number of hydrogen-bond donors (Lipinski definition) is 1. The summed E-state index contributed by atoms with van der Waals surface area (Å²) < 4.78 is 77.8. The largest absolute Gasteiger partial charge is 0.483 e. The molecule has 0 radical (unpaired) electrons. The molecule has 4 atom stereocenters. The molecule has 0 aromatic heterocycles. The third-order valence-corrected chi connectivity index (χ3v) is 10.4. The van der Waals surface area contributed by atoms with Gasteiger partial charge in [0.15, 0.2) is 26.6 Å². The Bertz CT molecular complexity index is 1440. The van der Waals surface area contributed by atoms with Gasteiger partial charge in [0.25, 0.3) is 0 Å². The van der Waals surface area contributed by atoms with Gasteiger partial charge >= 0.3 is 15.4 Å². The molecule has 1 heterocycles. The smallest absolute Gasteiger partial charge is 0.405 e. The maximum atomic E-state index is 14.2. The monoisotopic (exact) mass is 607 g/mol. The first-order valence-corrected chi connectivity index (χ1v) is 16.0. The zero-order chi connectivity index (χ0) is 30.2. The highest BCUT2D eigenvalue weighted by atomic mass is 32.2. The van der Waals surface area contributed by atoms with E-state index in [0.29, 0.717) is 12.5 Å². The molecule has 0 saturated carbocycles. The molecule has 0 amide bonds. The average molecular weight is 608 g/mol. The molecule has 222 valence electrons. The van der Waals surface area contributed by atoms with Crippen molar-refractivity contribution in [3.05, 3.63) is 84.4 Å². The van der Waals surface area contributed by atoms with Crippen molar-refractivity contribution in [2.75, 3.05) is 6.61 Å². The number of alkyl halides is 2. The molecule has 6 nitrogen and oxygen atoms in total. The van der Waals surface area contributed by atoms with Gasteiger partial charge in [-0.15, -0.1) is 0 Å². The second-order valence-electron chi connectivity index (χ2n) is 11.4. The Morgan fingerprint density at radius 2 is 1.51 bits per heavy atom. The topological polar surface area (TPSA) is 82.1 Å². The van der Waals surface area contributed by atoms with Crippen molar-refractivity contribution in [1.82, 2.24) is 0 Å². The minimum Gasteiger partial charge on any atom is -0.483 e. The number of benzene rings is 3. The third-order valence-electron chi connectivity index (χ3n) is 7.21. The molecule has 41 heavy (non-hydrogen) atoms. The van der Waals surface area contributed by atoms with Crippen LogP contribution in [0.15, 0.2) is 93.5 Å². The Balaban J connectivity index is 1.67. The first-order chi connectivity index (χ1) is 19.0. The quantitative estimate of drug-likeness (QED) is 0.203. The standard InChI is InChI=1S/C31H36F2O6S2/c1-21(2)28-29(4,5)20-37-30(6,39-28)23-15-17-26(18-16-23)40(25-12-8-7-9-13-25)27-14-10-11-24(19-27)38-22(3)31(32,33)41(34,35)36/h7-19,21-22,28H,20H2,1-6H3/p+1. The lowest BCUT2D eigenvalue weighted by atomic mass is 9.80. The van der Waals surface area contributed by atoms with Gasteiger partial charge in [0.2, 0.25) is 0 Å². The Hall–Kier alpha value is -2.50. The number of hydrogen-bond acceptors (Lipinski definition) is 5. The highest BCUT2D eigenvalue weighted by Gasteiger charge is 2.51. The molecular formula is C31H37F2O6S2+. The third kappa shape index (κ3) is 6.62. The fraction of sp³-hybridized carbons (Fsp3) is 0.419. The van der Waals surface area contributed by atoms with Crippen LogP contribution in [0.4, 0.5) is 8.78 Å². The summed E-state index contributed by atoms with van der Waals surface area (Å²) in [5, 5.41) is -4.47. The normalized spacial score (nSPS) is 22.7. The van der Waals surface area contributed by atoms with Crippen molar-refractivity contribution in [3.63, 3.8) is 0 Å². The van der Waals surface area contributed by atoms with Gasteiger partial charge in [-0.25, -0.2) is 0 Å². The molecule has 3 aromatic rings.